The van der Waals surface area contributed by atoms with Crippen molar-refractivity contribution in [2.45, 2.75) is 47.0 Å². The molecule has 16 heavy (non-hydrogen) atoms. The summed E-state index contributed by atoms with van der Waals surface area (Å²) in [6.07, 6.45) is 2.80. The van der Waals surface area contributed by atoms with Crippen molar-refractivity contribution < 1.29 is 9.53 Å². The smallest absolute Gasteiger partial charge is 0.308 e. The molecule has 0 atom stereocenters. The Morgan fingerprint density at radius 1 is 1.06 bits per heavy atom. The number of benzene rings is 1. The maximum absolute atomic E-state index is 11.1. The highest BCUT2D eigenvalue weighted by molar-refractivity contribution is 5.70. The van der Waals surface area contributed by atoms with Crippen LogP contribution in [0.2, 0.25) is 0 Å². The van der Waals surface area contributed by atoms with Crippen molar-refractivity contribution >= 4 is 5.97 Å². The van der Waals surface area contributed by atoms with Gasteiger partial charge >= 0.3 is 5.97 Å². The molecule has 0 spiro atoms. The molecule has 0 aliphatic rings. The van der Waals surface area contributed by atoms with Gasteiger partial charge in [-0.05, 0) is 36.0 Å². The number of hydrogen-bond acceptors (Lipinski definition) is 2. The number of carbonyl (C=O) groups is 1. The quantitative estimate of drug-likeness (QED) is 0.575. The predicted octanol–water partition coefficient (Wildman–Crippen LogP) is 3.30. The van der Waals surface area contributed by atoms with Gasteiger partial charge in [0.05, 0.1) is 0 Å². The van der Waals surface area contributed by atoms with E-state index in [1.807, 2.05) is 0 Å². The fourth-order valence-corrected chi connectivity index (χ4v) is 1.83. The molecule has 1 aromatic carbocycles. The van der Waals surface area contributed by atoms with Gasteiger partial charge in [-0.25, -0.2) is 0 Å². The highest BCUT2D eigenvalue weighted by atomic mass is 16.5. The first-order valence-corrected chi connectivity index (χ1v) is 5.95. The molecule has 0 aliphatic heterocycles. The molecule has 0 saturated heterocycles. The molecule has 0 fully saturated rings. The lowest BCUT2D eigenvalue weighted by Crippen LogP contribution is -2.07. The summed E-state index contributed by atoms with van der Waals surface area (Å²) in [5.74, 6) is 0.531. The molecule has 1 rings (SSSR count). The van der Waals surface area contributed by atoms with E-state index in [1.54, 1.807) is 0 Å². The largest absolute Gasteiger partial charge is 0.426 e. The minimum Gasteiger partial charge on any atom is -0.426 e. The van der Waals surface area contributed by atoms with Crippen LogP contribution in [0, 0.1) is 0 Å². The molecule has 0 aromatic heterocycles. The monoisotopic (exact) mass is 220 g/mol. The minimum absolute atomic E-state index is 0.242. The van der Waals surface area contributed by atoms with Crippen LogP contribution in [0.4, 0.5) is 0 Å². The van der Waals surface area contributed by atoms with Crippen molar-refractivity contribution in [3.8, 4) is 5.75 Å². The van der Waals surface area contributed by atoms with Gasteiger partial charge in [-0.2, -0.15) is 0 Å². The number of hydrogen-bond donors (Lipinski definition) is 0. The van der Waals surface area contributed by atoms with Crippen molar-refractivity contribution in [1.29, 1.82) is 0 Å². The summed E-state index contributed by atoms with van der Waals surface area (Å²) in [5.41, 5.74) is 3.57. The van der Waals surface area contributed by atoms with Gasteiger partial charge in [-0.1, -0.05) is 32.9 Å². The maximum atomic E-state index is 11.1. The SMILES string of the molecule is CCc1cc(CC)c(OC(C)=O)c(CC)c1. The third kappa shape index (κ3) is 2.84. The summed E-state index contributed by atoms with van der Waals surface area (Å²) < 4.78 is 5.32. The topological polar surface area (TPSA) is 26.3 Å². The fourth-order valence-electron chi connectivity index (χ4n) is 1.83. The lowest BCUT2D eigenvalue weighted by molar-refractivity contribution is -0.132. The van der Waals surface area contributed by atoms with Crippen LogP contribution in [0.1, 0.15) is 44.4 Å². The highest BCUT2D eigenvalue weighted by Crippen LogP contribution is 2.27. The van der Waals surface area contributed by atoms with Crippen LogP contribution in [-0.4, -0.2) is 5.97 Å². The molecule has 0 aliphatic carbocycles. The molecular formula is C14H20O2. The standard InChI is InChI=1S/C14H20O2/c1-5-11-8-12(6-2)14(16-10(4)15)13(7-3)9-11/h8-9H,5-7H2,1-4H3. The van der Waals surface area contributed by atoms with Crippen LogP contribution in [0.3, 0.4) is 0 Å². The highest BCUT2D eigenvalue weighted by Gasteiger charge is 2.11. The van der Waals surface area contributed by atoms with Gasteiger partial charge in [0, 0.05) is 6.92 Å². The van der Waals surface area contributed by atoms with Gasteiger partial charge in [0.15, 0.2) is 0 Å². The molecule has 2 heteroatoms. The van der Waals surface area contributed by atoms with E-state index in [-0.39, 0.29) is 5.97 Å². The summed E-state index contributed by atoms with van der Waals surface area (Å²) in [5, 5.41) is 0. The molecule has 0 N–H and O–H groups in total. The molecule has 0 unspecified atom stereocenters. The number of esters is 1. The summed E-state index contributed by atoms with van der Waals surface area (Å²) in [6.45, 7) is 7.76. The van der Waals surface area contributed by atoms with Crippen LogP contribution >= 0.6 is 0 Å². The molecule has 0 bridgehead atoms. The molecule has 88 valence electrons. The Morgan fingerprint density at radius 3 is 1.88 bits per heavy atom. The summed E-state index contributed by atoms with van der Waals surface area (Å²) in [4.78, 5) is 11.1. The molecule has 0 heterocycles. The van der Waals surface area contributed by atoms with Crippen LogP contribution in [0.5, 0.6) is 5.75 Å². The average Bonchev–Trinajstić information content (AvgIpc) is 2.28. The molecule has 2 nitrogen and oxygen atoms in total. The lowest BCUT2D eigenvalue weighted by Gasteiger charge is -2.14. The average molecular weight is 220 g/mol. The van der Waals surface area contributed by atoms with Crippen LogP contribution in [0.25, 0.3) is 0 Å². The van der Waals surface area contributed by atoms with Crippen molar-refractivity contribution in [3.05, 3.63) is 28.8 Å². The summed E-state index contributed by atoms with van der Waals surface area (Å²) in [7, 11) is 0. The van der Waals surface area contributed by atoms with Gasteiger partial charge < -0.3 is 4.74 Å². The Labute approximate surface area is 97.6 Å². The minimum atomic E-state index is -0.242. The second kappa shape index (κ2) is 5.69. The molecule has 0 saturated carbocycles. The first-order chi connectivity index (χ1) is 7.62. The van der Waals surface area contributed by atoms with E-state index in [1.165, 1.54) is 12.5 Å². The van der Waals surface area contributed by atoms with E-state index < -0.39 is 0 Å². The molecule has 0 radical (unpaired) electrons. The molecular weight excluding hydrogens is 200 g/mol. The molecule has 0 amide bonds. The predicted molar refractivity (Wildman–Crippen MR) is 65.9 cm³/mol. The number of carbonyl (C=O) groups excluding carboxylic acids is 1. The second-order valence-corrected chi connectivity index (χ2v) is 3.90. The van der Waals surface area contributed by atoms with E-state index in [9.17, 15) is 4.79 Å². The Kier molecular flexibility index (Phi) is 4.53. The first kappa shape index (κ1) is 12.8. The van der Waals surface area contributed by atoms with E-state index in [0.29, 0.717) is 0 Å². The van der Waals surface area contributed by atoms with Crippen molar-refractivity contribution in [1.82, 2.24) is 0 Å². The van der Waals surface area contributed by atoms with Crippen LogP contribution < -0.4 is 4.74 Å². The Bertz CT molecular complexity index is 355. The zero-order chi connectivity index (χ0) is 12.1. The van der Waals surface area contributed by atoms with Crippen molar-refractivity contribution in [2.75, 3.05) is 0 Å². The lowest BCUT2D eigenvalue weighted by atomic mass is 9.99. The zero-order valence-corrected chi connectivity index (χ0v) is 10.6. The fraction of sp³-hybridized carbons (Fsp3) is 0.500. The first-order valence-electron chi connectivity index (χ1n) is 5.95. The summed E-state index contributed by atoms with van der Waals surface area (Å²) in [6, 6.07) is 4.27. The molecule has 1 aromatic rings. The normalized spacial score (nSPS) is 10.2. The third-order valence-electron chi connectivity index (χ3n) is 2.72. The van der Waals surface area contributed by atoms with Crippen molar-refractivity contribution in [3.63, 3.8) is 0 Å². The Hall–Kier alpha value is -1.31. The number of ether oxygens (including phenoxy) is 1. The number of rotatable bonds is 4. The van der Waals surface area contributed by atoms with Gasteiger partial charge in [-0.15, -0.1) is 0 Å². The maximum Gasteiger partial charge on any atom is 0.308 e. The Morgan fingerprint density at radius 2 is 1.56 bits per heavy atom. The van der Waals surface area contributed by atoms with Crippen LogP contribution in [-0.2, 0) is 24.1 Å². The second-order valence-electron chi connectivity index (χ2n) is 3.90. The Balaban J connectivity index is 3.25. The van der Waals surface area contributed by atoms with E-state index in [4.69, 9.17) is 4.74 Å². The van der Waals surface area contributed by atoms with Crippen LogP contribution in [0.15, 0.2) is 12.1 Å². The zero-order valence-electron chi connectivity index (χ0n) is 10.6. The van der Waals surface area contributed by atoms with Gasteiger partial charge in [0.1, 0.15) is 5.75 Å². The van der Waals surface area contributed by atoms with Crippen molar-refractivity contribution in [2.24, 2.45) is 0 Å². The number of aryl methyl sites for hydroxylation is 3. The summed E-state index contributed by atoms with van der Waals surface area (Å²) >= 11 is 0. The van der Waals surface area contributed by atoms with Gasteiger partial charge in [0.25, 0.3) is 0 Å². The van der Waals surface area contributed by atoms with E-state index >= 15 is 0 Å². The van der Waals surface area contributed by atoms with Gasteiger partial charge in [-0.3, -0.25) is 4.79 Å². The van der Waals surface area contributed by atoms with E-state index in [0.717, 1.165) is 36.1 Å². The van der Waals surface area contributed by atoms with E-state index in [2.05, 4.69) is 32.9 Å². The third-order valence-corrected chi connectivity index (χ3v) is 2.72. The van der Waals surface area contributed by atoms with Gasteiger partial charge in [0.2, 0.25) is 0 Å².